The molecule has 0 unspecified atom stereocenters. The summed E-state index contributed by atoms with van der Waals surface area (Å²) >= 11 is 0. The number of nitrogens with two attached hydrogens (primary N) is 1. The Bertz CT molecular complexity index is 520. The molecule has 0 aliphatic carbocycles. The van der Waals surface area contributed by atoms with Crippen LogP contribution in [0.1, 0.15) is 25.1 Å². The molecule has 1 aromatic carbocycles. The van der Waals surface area contributed by atoms with Gasteiger partial charge >= 0.3 is 0 Å². The van der Waals surface area contributed by atoms with Crippen LogP contribution in [-0.4, -0.2) is 12.1 Å². The van der Waals surface area contributed by atoms with E-state index in [-0.39, 0.29) is 5.54 Å². The number of ether oxygens (including phenoxy) is 1. The number of fused-ring (bicyclic) bond motifs is 1. The first-order valence-electron chi connectivity index (χ1n) is 5.39. The highest BCUT2D eigenvalue weighted by atomic mass is 16.5. The number of rotatable bonds is 2. The van der Waals surface area contributed by atoms with Gasteiger partial charge in [0.2, 0.25) is 0 Å². The summed E-state index contributed by atoms with van der Waals surface area (Å²) < 4.78 is 5.21. The van der Waals surface area contributed by atoms with E-state index in [0.717, 1.165) is 17.0 Å². The van der Waals surface area contributed by atoms with Gasteiger partial charge in [-0.25, -0.2) is 0 Å². The first-order valence-corrected chi connectivity index (χ1v) is 5.39. The summed E-state index contributed by atoms with van der Waals surface area (Å²) in [5, 5.41) is 1.20. The van der Waals surface area contributed by atoms with Crippen molar-refractivity contribution in [3.05, 3.63) is 29.5 Å². The van der Waals surface area contributed by atoms with Crippen LogP contribution in [0.5, 0.6) is 5.75 Å². The van der Waals surface area contributed by atoms with E-state index in [4.69, 9.17) is 10.5 Å². The van der Waals surface area contributed by atoms with E-state index in [1.807, 2.05) is 26.0 Å². The molecule has 1 heterocycles. The number of aryl methyl sites for hydroxylation is 1. The molecule has 0 fully saturated rings. The Kier molecular flexibility index (Phi) is 2.43. The Morgan fingerprint density at radius 1 is 1.31 bits per heavy atom. The van der Waals surface area contributed by atoms with Gasteiger partial charge in [-0.3, -0.25) is 0 Å². The maximum atomic E-state index is 6.13. The number of hydrogen-bond acceptors (Lipinski definition) is 2. The molecular weight excluding hydrogens is 200 g/mol. The molecule has 0 saturated carbocycles. The summed E-state index contributed by atoms with van der Waals surface area (Å²) in [7, 11) is 1.67. The van der Waals surface area contributed by atoms with Gasteiger partial charge in [0.05, 0.1) is 12.6 Å². The normalized spacial score (nSPS) is 12.1. The number of aromatic amines is 1. The highest BCUT2D eigenvalue weighted by Crippen LogP contribution is 2.29. The maximum Gasteiger partial charge on any atom is 0.120 e. The minimum Gasteiger partial charge on any atom is -0.497 e. The number of benzene rings is 1. The van der Waals surface area contributed by atoms with E-state index in [1.165, 1.54) is 10.9 Å². The minimum absolute atomic E-state index is 0.351. The smallest absolute Gasteiger partial charge is 0.120 e. The molecule has 3 N–H and O–H groups in total. The van der Waals surface area contributed by atoms with Crippen molar-refractivity contribution in [2.24, 2.45) is 5.73 Å². The molecule has 3 heteroatoms. The Hall–Kier alpha value is -1.48. The van der Waals surface area contributed by atoms with E-state index in [1.54, 1.807) is 7.11 Å². The third-order valence-corrected chi connectivity index (χ3v) is 2.91. The highest BCUT2D eigenvalue weighted by Gasteiger charge is 2.20. The summed E-state index contributed by atoms with van der Waals surface area (Å²) in [6, 6.07) is 6.03. The van der Waals surface area contributed by atoms with Crippen LogP contribution in [0, 0.1) is 6.92 Å². The van der Waals surface area contributed by atoms with E-state index in [9.17, 15) is 0 Å². The fourth-order valence-corrected chi connectivity index (χ4v) is 2.09. The predicted octanol–water partition coefficient (Wildman–Crippen LogP) is 2.68. The van der Waals surface area contributed by atoms with E-state index in [2.05, 4.69) is 18.0 Å². The van der Waals surface area contributed by atoms with Crippen LogP contribution in [0.15, 0.2) is 18.2 Å². The van der Waals surface area contributed by atoms with Crippen LogP contribution < -0.4 is 10.5 Å². The largest absolute Gasteiger partial charge is 0.497 e. The first-order chi connectivity index (χ1) is 7.43. The third-order valence-electron chi connectivity index (χ3n) is 2.91. The molecule has 3 nitrogen and oxygen atoms in total. The van der Waals surface area contributed by atoms with E-state index >= 15 is 0 Å². The molecule has 0 aliphatic rings. The Morgan fingerprint density at radius 2 is 2.00 bits per heavy atom. The molecule has 0 atom stereocenters. The molecule has 0 radical (unpaired) electrons. The van der Waals surface area contributed by atoms with Crippen LogP contribution in [0.2, 0.25) is 0 Å². The molecule has 2 aromatic rings. The summed E-state index contributed by atoms with van der Waals surface area (Å²) in [6.07, 6.45) is 0. The minimum atomic E-state index is -0.351. The monoisotopic (exact) mass is 218 g/mol. The predicted molar refractivity (Wildman–Crippen MR) is 66.8 cm³/mol. The van der Waals surface area contributed by atoms with Crippen LogP contribution in [0.3, 0.4) is 0 Å². The van der Waals surface area contributed by atoms with Crippen LogP contribution >= 0.6 is 0 Å². The fraction of sp³-hybridized carbons (Fsp3) is 0.385. The molecule has 2 rings (SSSR count). The summed E-state index contributed by atoms with van der Waals surface area (Å²) in [4.78, 5) is 3.37. The number of hydrogen-bond donors (Lipinski definition) is 2. The van der Waals surface area contributed by atoms with Gasteiger partial charge in [-0.2, -0.15) is 0 Å². The van der Waals surface area contributed by atoms with Crippen molar-refractivity contribution in [3.8, 4) is 5.75 Å². The lowest BCUT2D eigenvalue weighted by molar-refractivity contribution is 0.415. The average Bonchev–Trinajstić information content (AvgIpc) is 2.55. The quantitative estimate of drug-likeness (QED) is 0.814. The molecule has 16 heavy (non-hydrogen) atoms. The lowest BCUT2D eigenvalue weighted by Crippen LogP contribution is -2.29. The number of methoxy groups -OCH3 is 1. The zero-order valence-electron chi connectivity index (χ0n) is 10.2. The molecule has 1 aromatic heterocycles. The zero-order valence-corrected chi connectivity index (χ0v) is 10.2. The summed E-state index contributed by atoms with van der Waals surface area (Å²) in [5.74, 6) is 0.857. The second kappa shape index (κ2) is 3.52. The van der Waals surface area contributed by atoms with Gasteiger partial charge in [-0.15, -0.1) is 0 Å². The third kappa shape index (κ3) is 1.67. The van der Waals surface area contributed by atoms with Crippen LogP contribution in [0.4, 0.5) is 0 Å². The average molecular weight is 218 g/mol. The zero-order chi connectivity index (χ0) is 11.9. The molecular formula is C13H18N2O. The van der Waals surface area contributed by atoms with Gasteiger partial charge in [0.25, 0.3) is 0 Å². The summed E-state index contributed by atoms with van der Waals surface area (Å²) in [6.45, 7) is 6.10. The number of nitrogens with one attached hydrogen (secondary N) is 1. The lowest BCUT2D eigenvalue weighted by Gasteiger charge is -2.18. The second-order valence-corrected chi connectivity index (χ2v) is 4.76. The maximum absolute atomic E-state index is 6.13. The van der Waals surface area contributed by atoms with E-state index in [0.29, 0.717) is 0 Å². The Morgan fingerprint density at radius 3 is 2.56 bits per heavy atom. The van der Waals surface area contributed by atoms with Crippen molar-refractivity contribution in [2.45, 2.75) is 26.3 Å². The van der Waals surface area contributed by atoms with Crippen molar-refractivity contribution in [1.29, 1.82) is 0 Å². The van der Waals surface area contributed by atoms with Crippen molar-refractivity contribution in [2.75, 3.05) is 7.11 Å². The first kappa shape index (κ1) is 11.0. The Balaban J connectivity index is 2.68. The van der Waals surface area contributed by atoms with Gasteiger partial charge in [0.1, 0.15) is 5.75 Å². The van der Waals surface area contributed by atoms with Crippen molar-refractivity contribution in [3.63, 3.8) is 0 Å². The van der Waals surface area contributed by atoms with E-state index < -0.39 is 0 Å². The van der Waals surface area contributed by atoms with Gasteiger partial charge in [0, 0.05) is 22.7 Å². The molecule has 0 amide bonds. The fourth-order valence-electron chi connectivity index (χ4n) is 2.09. The lowest BCUT2D eigenvalue weighted by atomic mass is 9.98. The highest BCUT2D eigenvalue weighted by molar-refractivity contribution is 5.86. The van der Waals surface area contributed by atoms with Crippen LogP contribution in [-0.2, 0) is 5.54 Å². The molecule has 0 aliphatic heterocycles. The van der Waals surface area contributed by atoms with Gasteiger partial charge in [0.15, 0.2) is 0 Å². The molecule has 86 valence electrons. The van der Waals surface area contributed by atoms with Crippen molar-refractivity contribution >= 4 is 10.9 Å². The number of H-pyrrole nitrogens is 1. The summed E-state index contributed by atoms with van der Waals surface area (Å²) in [5.41, 5.74) is 9.15. The topological polar surface area (TPSA) is 51.0 Å². The number of aromatic nitrogens is 1. The van der Waals surface area contributed by atoms with Crippen molar-refractivity contribution in [1.82, 2.24) is 4.98 Å². The molecule has 0 bridgehead atoms. The van der Waals surface area contributed by atoms with Crippen molar-refractivity contribution < 1.29 is 4.74 Å². The molecule has 0 saturated heterocycles. The van der Waals surface area contributed by atoms with Crippen LogP contribution in [0.25, 0.3) is 10.9 Å². The van der Waals surface area contributed by atoms with Gasteiger partial charge < -0.3 is 15.5 Å². The Labute approximate surface area is 95.6 Å². The second-order valence-electron chi connectivity index (χ2n) is 4.76. The SMILES string of the molecule is COc1ccc2c(C)c(C(C)(C)N)[nH]c2c1. The standard InChI is InChI=1S/C13H18N2O/c1-8-10-6-5-9(16-4)7-11(10)15-12(8)13(2,3)14/h5-7,15H,14H2,1-4H3. The van der Waals surface area contributed by atoms with Gasteiger partial charge in [-0.1, -0.05) is 0 Å². The molecule has 0 spiro atoms. The van der Waals surface area contributed by atoms with Gasteiger partial charge in [-0.05, 0) is 38.5 Å².